The van der Waals surface area contributed by atoms with Crippen LogP contribution in [0.4, 0.5) is 0 Å². The number of aromatic nitrogens is 2. The first-order chi connectivity index (χ1) is 10.6. The normalized spacial score (nSPS) is 22.8. The molecule has 120 valence electrons. The molecule has 1 fully saturated rings. The fourth-order valence-corrected chi connectivity index (χ4v) is 3.76. The first-order valence-corrected chi connectivity index (χ1v) is 8.67. The second-order valence-corrected chi connectivity index (χ2v) is 7.15. The summed E-state index contributed by atoms with van der Waals surface area (Å²) < 4.78 is 39.4. The van der Waals surface area contributed by atoms with Gasteiger partial charge in [0.1, 0.15) is 17.3 Å². The van der Waals surface area contributed by atoms with Gasteiger partial charge in [-0.15, -0.1) is 0 Å². The van der Waals surface area contributed by atoms with Crippen LogP contribution in [0.3, 0.4) is 0 Å². The predicted molar refractivity (Wildman–Crippen MR) is 78.5 cm³/mol. The molecule has 2 atom stereocenters. The lowest BCUT2D eigenvalue weighted by atomic mass is 9.92. The Hall–Kier alpha value is -1.64. The Morgan fingerprint density at radius 2 is 2.32 bits per heavy atom. The first kappa shape index (κ1) is 15.3. The van der Waals surface area contributed by atoms with Crippen molar-refractivity contribution in [2.45, 2.75) is 23.8 Å². The fraction of sp³-hybridized carbons (Fsp3) is 0.500. The molecule has 22 heavy (non-hydrogen) atoms. The van der Waals surface area contributed by atoms with Crippen LogP contribution >= 0.6 is 0 Å². The Balaban J connectivity index is 1.71. The highest BCUT2D eigenvalue weighted by Gasteiger charge is 2.30. The number of sulfonamides is 1. The molecule has 0 saturated carbocycles. The van der Waals surface area contributed by atoms with Gasteiger partial charge in [-0.25, -0.2) is 13.1 Å². The van der Waals surface area contributed by atoms with Crippen LogP contribution < -0.4 is 4.72 Å². The molecule has 1 N–H and O–H groups in total. The fourth-order valence-electron chi connectivity index (χ4n) is 2.75. The van der Waals surface area contributed by atoms with Crippen molar-refractivity contribution in [1.29, 1.82) is 0 Å². The van der Waals surface area contributed by atoms with E-state index in [2.05, 4.69) is 9.82 Å². The van der Waals surface area contributed by atoms with Crippen molar-refractivity contribution in [3.63, 3.8) is 0 Å². The average Bonchev–Trinajstić information content (AvgIpc) is 3.17. The van der Waals surface area contributed by atoms with E-state index in [0.717, 1.165) is 18.5 Å². The molecule has 1 aliphatic rings. The van der Waals surface area contributed by atoms with Crippen molar-refractivity contribution in [2.75, 3.05) is 13.2 Å². The van der Waals surface area contributed by atoms with Gasteiger partial charge in [0.25, 0.3) is 0 Å². The number of nitrogens with one attached hydrogen (secondary N) is 1. The number of ether oxygens (including phenoxy) is 1. The predicted octanol–water partition coefficient (Wildman–Crippen LogP) is 1.46. The third kappa shape index (κ3) is 3.08. The van der Waals surface area contributed by atoms with Crippen LogP contribution in [0.1, 0.15) is 24.6 Å². The third-order valence-corrected chi connectivity index (χ3v) is 5.34. The zero-order valence-electron chi connectivity index (χ0n) is 12.3. The highest BCUT2D eigenvalue weighted by Crippen LogP contribution is 2.33. The molecule has 7 nitrogen and oxygen atoms in total. The van der Waals surface area contributed by atoms with E-state index in [1.165, 1.54) is 18.6 Å². The van der Waals surface area contributed by atoms with Crippen molar-refractivity contribution < 1.29 is 17.6 Å². The van der Waals surface area contributed by atoms with Gasteiger partial charge >= 0.3 is 0 Å². The van der Waals surface area contributed by atoms with E-state index in [0.29, 0.717) is 13.2 Å². The quantitative estimate of drug-likeness (QED) is 0.899. The number of furan rings is 1. The van der Waals surface area contributed by atoms with Gasteiger partial charge in [-0.1, -0.05) is 0 Å². The van der Waals surface area contributed by atoms with Crippen LogP contribution in [0.15, 0.2) is 40.2 Å². The summed E-state index contributed by atoms with van der Waals surface area (Å²) in [6, 6.07) is 3.34. The van der Waals surface area contributed by atoms with Crippen LogP contribution in [-0.4, -0.2) is 31.3 Å². The summed E-state index contributed by atoms with van der Waals surface area (Å²) in [4.78, 5) is 0.140. The third-order valence-electron chi connectivity index (χ3n) is 3.94. The van der Waals surface area contributed by atoms with Gasteiger partial charge in [0.05, 0.1) is 12.0 Å². The van der Waals surface area contributed by atoms with Gasteiger partial charge in [0.15, 0.2) is 0 Å². The maximum absolute atomic E-state index is 12.2. The summed E-state index contributed by atoms with van der Waals surface area (Å²) in [5.74, 6) is 0.0748. The molecular weight excluding hydrogens is 306 g/mol. The van der Waals surface area contributed by atoms with Gasteiger partial charge in [-0.05, 0) is 25.0 Å². The molecule has 1 aliphatic heterocycles. The van der Waals surface area contributed by atoms with Crippen molar-refractivity contribution in [3.8, 4) is 0 Å². The number of aryl methyl sites for hydroxylation is 1. The van der Waals surface area contributed by atoms with E-state index in [9.17, 15) is 8.42 Å². The highest BCUT2D eigenvalue weighted by molar-refractivity contribution is 7.89. The van der Waals surface area contributed by atoms with Crippen LogP contribution in [-0.2, 0) is 21.8 Å². The Morgan fingerprint density at radius 3 is 3.00 bits per heavy atom. The summed E-state index contributed by atoms with van der Waals surface area (Å²) >= 11 is 0. The van der Waals surface area contributed by atoms with E-state index in [4.69, 9.17) is 9.15 Å². The second-order valence-electron chi connectivity index (χ2n) is 5.38. The van der Waals surface area contributed by atoms with Crippen molar-refractivity contribution in [3.05, 3.63) is 36.5 Å². The standard InChI is InChI=1S/C14H19N3O4S/c1-17-13(4-6-15-17)14-11(3-2-7-21-14)9-16-22(18,19)12-5-8-20-10-12/h4-6,8,10-11,14,16H,2-3,7,9H2,1H3/t11-,14+/m0/s1. The van der Waals surface area contributed by atoms with E-state index < -0.39 is 10.0 Å². The molecule has 0 aliphatic carbocycles. The van der Waals surface area contributed by atoms with Crippen molar-refractivity contribution in [1.82, 2.24) is 14.5 Å². The van der Waals surface area contributed by atoms with Crippen molar-refractivity contribution in [2.24, 2.45) is 13.0 Å². The molecule has 0 spiro atoms. The molecule has 0 unspecified atom stereocenters. The molecule has 2 aromatic heterocycles. The maximum atomic E-state index is 12.2. The average molecular weight is 325 g/mol. The Bertz CT molecular complexity index is 708. The molecule has 1 saturated heterocycles. The smallest absolute Gasteiger partial charge is 0.243 e. The summed E-state index contributed by atoms with van der Waals surface area (Å²) in [7, 11) is -1.68. The lowest BCUT2D eigenvalue weighted by Crippen LogP contribution is -2.35. The van der Waals surface area contributed by atoms with Crippen LogP contribution in [0.5, 0.6) is 0 Å². The largest absolute Gasteiger partial charge is 0.471 e. The van der Waals surface area contributed by atoms with E-state index in [-0.39, 0.29) is 16.9 Å². The Morgan fingerprint density at radius 1 is 1.45 bits per heavy atom. The van der Waals surface area contributed by atoms with E-state index >= 15 is 0 Å². The van der Waals surface area contributed by atoms with Gasteiger partial charge in [-0.2, -0.15) is 5.10 Å². The topological polar surface area (TPSA) is 86.4 Å². The molecule has 8 heteroatoms. The molecule has 0 amide bonds. The number of hydrogen-bond acceptors (Lipinski definition) is 5. The van der Waals surface area contributed by atoms with Crippen LogP contribution in [0.2, 0.25) is 0 Å². The van der Waals surface area contributed by atoms with Gasteiger partial charge in [-0.3, -0.25) is 4.68 Å². The minimum atomic E-state index is -3.54. The van der Waals surface area contributed by atoms with Gasteiger partial charge in [0, 0.05) is 32.3 Å². The molecule has 3 rings (SSSR count). The molecule has 0 radical (unpaired) electrons. The SMILES string of the molecule is Cn1nccc1[C@@H]1OCCC[C@H]1CNS(=O)(=O)c1ccoc1. The lowest BCUT2D eigenvalue weighted by molar-refractivity contribution is -0.0307. The molecular formula is C14H19N3O4S. The zero-order valence-corrected chi connectivity index (χ0v) is 13.1. The summed E-state index contributed by atoms with van der Waals surface area (Å²) in [5.41, 5.74) is 0.965. The van der Waals surface area contributed by atoms with Crippen LogP contribution in [0.25, 0.3) is 0 Å². The van der Waals surface area contributed by atoms with Gasteiger partial charge < -0.3 is 9.15 Å². The molecule has 0 aromatic carbocycles. The van der Waals surface area contributed by atoms with Crippen LogP contribution in [0, 0.1) is 5.92 Å². The van der Waals surface area contributed by atoms with Gasteiger partial charge in [0.2, 0.25) is 10.0 Å². The lowest BCUT2D eigenvalue weighted by Gasteiger charge is -2.31. The first-order valence-electron chi connectivity index (χ1n) is 7.19. The summed E-state index contributed by atoms with van der Waals surface area (Å²) in [5, 5.41) is 4.16. The minimum absolute atomic E-state index is 0.0748. The second kappa shape index (κ2) is 6.23. The summed E-state index contributed by atoms with van der Waals surface area (Å²) in [6.07, 6.45) is 5.97. The minimum Gasteiger partial charge on any atom is -0.471 e. The highest BCUT2D eigenvalue weighted by atomic mass is 32.2. The zero-order chi connectivity index (χ0) is 15.6. The monoisotopic (exact) mass is 325 g/mol. The Kier molecular flexibility index (Phi) is 4.32. The number of hydrogen-bond donors (Lipinski definition) is 1. The molecule has 2 aromatic rings. The Labute approximate surface area is 129 Å². The van der Waals surface area contributed by atoms with Crippen molar-refractivity contribution >= 4 is 10.0 Å². The molecule has 3 heterocycles. The van der Waals surface area contributed by atoms with E-state index in [1.807, 2.05) is 13.1 Å². The number of nitrogens with zero attached hydrogens (tertiary/aromatic N) is 2. The summed E-state index contributed by atoms with van der Waals surface area (Å²) in [6.45, 7) is 1.00. The number of rotatable bonds is 5. The maximum Gasteiger partial charge on any atom is 0.243 e. The van der Waals surface area contributed by atoms with E-state index in [1.54, 1.807) is 10.9 Å². The molecule has 0 bridgehead atoms.